The van der Waals surface area contributed by atoms with E-state index in [0.29, 0.717) is 0 Å². The standard InChI is InChI=1S/C21H20O12/c22-6-11-14(25)17(28)19(30)21(33-11)32-10-5-9-12(15(26)13(10)24)16(27)18(29)20(31-9)7-1-3-8(23)4-2-7/h1-5,11,14,17,19,21-26,28-30H,6H2/t11-,14+,17-,19+,21+/m0/s1. The number of fused-ring (bicyclic) bond motifs is 1. The molecule has 0 bridgehead atoms. The molecule has 0 spiro atoms. The van der Waals surface area contributed by atoms with Gasteiger partial charge in [-0.05, 0) is 24.3 Å². The molecule has 1 aliphatic heterocycles. The zero-order valence-electron chi connectivity index (χ0n) is 16.7. The summed E-state index contributed by atoms with van der Waals surface area (Å²) in [5.74, 6) is -3.70. The molecule has 0 unspecified atom stereocenters. The van der Waals surface area contributed by atoms with Crippen LogP contribution in [-0.2, 0) is 4.74 Å². The number of aliphatic hydroxyl groups is 4. The zero-order chi connectivity index (χ0) is 24.0. The van der Waals surface area contributed by atoms with Crippen LogP contribution in [0, 0.1) is 0 Å². The third-order valence-corrected chi connectivity index (χ3v) is 5.29. The fourth-order valence-corrected chi connectivity index (χ4v) is 3.48. The first-order chi connectivity index (χ1) is 15.6. The highest BCUT2D eigenvalue weighted by atomic mass is 16.7. The van der Waals surface area contributed by atoms with E-state index in [9.17, 15) is 45.6 Å². The van der Waals surface area contributed by atoms with Gasteiger partial charge in [-0.15, -0.1) is 0 Å². The number of aromatic hydroxyl groups is 4. The van der Waals surface area contributed by atoms with Gasteiger partial charge in [0.2, 0.25) is 23.2 Å². The van der Waals surface area contributed by atoms with E-state index in [1.54, 1.807) is 0 Å². The lowest BCUT2D eigenvalue weighted by Crippen LogP contribution is -2.60. The minimum Gasteiger partial charge on any atom is -0.508 e. The summed E-state index contributed by atoms with van der Waals surface area (Å²) in [7, 11) is 0. The average molecular weight is 464 g/mol. The smallest absolute Gasteiger partial charge is 0.238 e. The van der Waals surface area contributed by atoms with E-state index < -0.39 is 71.1 Å². The number of benzene rings is 2. The first kappa shape index (κ1) is 22.6. The van der Waals surface area contributed by atoms with Crippen LogP contribution < -0.4 is 10.2 Å². The van der Waals surface area contributed by atoms with Crippen LogP contribution >= 0.6 is 0 Å². The zero-order valence-corrected chi connectivity index (χ0v) is 16.7. The maximum absolute atomic E-state index is 12.7. The Kier molecular flexibility index (Phi) is 5.78. The van der Waals surface area contributed by atoms with Gasteiger partial charge in [0.05, 0.1) is 6.61 Å². The quantitative estimate of drug-likeness (QED) is 0.229. The van der Waals surface area contributed by atoms with Crippen molar-refractivity contribution in [2.45, 2.75) is 30.7 Å². The number of rotatable bonds is 4. The molecule has 0 aliphatic carbocycles. The van der Waals surface area contributed by atoms with E-state index in [2.05, 4.69) is 0 Å². The lowest BCUT2D eigenvalue weighted by Gasteiger charge is -2.39. The molecule has 33 heavy (non-hydrogen) atoms. The van der Waals surface area contributed by atoms with Crippen molar-refractivity contribution in [2.75, 3.05) is 6.61 Å². The summed E-state index contributed by atoms with van der Waals surface area (Å²) in [5, 5.41) is 79.0. The van der Waals surface area contributed by atoms with Crippen molar-refractivity contribution in [3.05, 3.63) is 40.6 Å². The fraction of sp³-hybridized carbons (Fsp3) is 0.286. The summed E-state index contributed by atoms with van der Waals surface area (Å²) in [6.07, 6.45) is -8.19. The van der Waals surface area contributed by atoms with Crippen LogP contribution in [0.15, 0.2) is 39.5 Å². The molecule has 1 aliphatic rings. The summed E-state index contributed by atoms with van der Waals surface area (Å²) in [4.78, 5) is 12.7. The van der Waals surface area contributed by atoms with Crippen LogP contribution in [0.5, 0.6) is 28.7 Å². The number of phenols is 3. The number of ether oxygens (including phenoxy) is 2. The molecule has 2 heterocycles. The van der Waals surface area contributed by atoms with Gasteiger partial charge in [0.1, 0.15) is 41.1 Å². The van der Waals surface area contributed by atoms with Gasteiger partial charge < -0.3 is 54.7 Å². The van der Waals surface area contributed by atoms with Crippen LogP contribution in [0.1, 0.15) is 0 Å². The molecule has 12 nitrogen and oxygen atoms in total. The Morgan fingerprint density at radius 3 is 2.18 bits per heavy atom. The Balaban J connectivity index is 1.80. The van der Waals surface area contributed by atoms with Crippen molar-refractivity contribution in [3.8, 4) is 40.1 Å². The number of hydrogen-bond acceptors (Lipinski definition) is 12. The minimum absolute atomic E-state index is 0.0702. The van der Waals surface area contributed by atoms with Gasteiger partial charge in [0.15, 0.2) is 17.3 Å². The summed E-state index contributed by atoms with van der Waals surface area (Å²) >= 11 is 0. The van der Waals surface area contributed by atoms with E-state index >= 15 is 0 Å². The third kappa shape index (κ3) is 3.79. The molecule has 1 fully saturated rings. The van der Waals surface area contributed by atoms with E-state index in [0.717, 1.165) is 6.07 Å². The van der Waals surface area contributed by atoms with E-state index in [-0.39, 0.29) is 22.7 Å². The van der Waals surface area contributed by atoms with E-state index in [1.807, 2.05) is 0 Å². The second-order valence-corrected chi connectivity index (χ2v) is 7.42. The van der Waals surface area contributed by atoms with Gasteiger partial charge in [-0.2, -0.15) is 0 Å². The summed E-state index contributed by atoms with van der Waals surface area (Å²) < 4.78 is 16.1. The average Bonchev–Trinajstić information content (AvgIpc) is 2.80. The van der Waals surface area contributed by atoms with Crippen LogP contribution in [0.25, 0.3) is 22.3 Å². The molecule has 176 valence electrons. The van der Waals surface area contributed by atoms with Gasteiger partial charge in [-0.3, -0.25) is 4.79 Å². The molecule has 3 aromatic rings. The third-order valence-electron chi connectivity index (χ3n) is 5.29. The van der Waals surface area contributed by atoms with E-state index in [1.165, 1.54) is 24.3 Å². The molecule has 1 saturated heterocycles. The molecule has 0 amide bonds. The number of aliphatic hydroxyl groups excluding tert-OH is 4. The Morgan fingerprint density at radius 1 is 0.879 bits per heavy atom. The van der Waals surface area contributed by atoms with Crippen LogP contribution in [-0.4, -0.2) is 78.2 Å². The second kappa shape index (κ2) is 8.42. The Hall–Kier alpha value is -3.55. The van der Waals surface area contributed by atoms with Crippen LogP contribution in [0.3, 0.4) is 0 Å². The first-order valence-electron chi connectivity index (χ1n) is 9.65. The first-order valence-corrected chi connectivity index (χ1v) is 9.65. The molecular formula is C21H20O12. The lowest BCUT2D eigenvalue weighted by atomic mass is 9.99. The lowest BCUT2D eigenvalue weighted by molar-refractivity contribution is -0.277. The van der Waals surface area contributed by atoms with Crippen LogP contribution in [0.4, 0.5) is 0 Å². The highest BCUT2D eigenvalue weighted by Crippen LogP contribution is 2.44. The van der Waals surface area contributed by atoms with Crippen LogP contribution in [0.2, 0.25) is 0 Å². The van der Waals surface area contributed by atoms with Crippen molar-refractivity contribution in [1.82, 2.24) is 0 Å². The van der Waals surface area contributed by atoms with Gasteiger partial charge in [-0.1, -0.05) is 0 Å². The molecule has 1 aromatic heterocycles. The van der Waals surface area contributed by atoms with Gasteiger partial charge in [0.25, 0.3) is 0 Å². The Morgan fingerprint density at radius 2 is 1.55 bits per heavy atom. The van der Waals surface area contributed by atoms with Crippen molar-refractivity contribution in [2.24, 2.45) is 0 Å². The maximum atomic E-state index is 12.7. The molecule has 4 rings (SSSR count). The van der Waals surface area contributed by atoms with Gasteiger partial charge >= 0.3 is 0 Å². The predicted molar refractivity (Wildman–Crippen MR) is 109 cm³/mol. The summed E-state index contributed by atoms with van der Waals surface area (Å²) in [6, 6.07) is 6.30. The van der Waals surface area contributed by atoms with Gasteiger partial charge in [-0.25, -0.2) is 0 Å². The molecule has 8 N–H and O–H groups in total. The molecule has 5 atom stereocenters. The SMILES string of the molecule is O=c1c(O)c(-c2ccc(O)cc2)oc2cc(O[C@@H]3O[C@@H](CO)[C@@H](O)[C@H](O)[C@H]3O)c(O)c(O)c12. The fourth-order valence-electron chi connectivity index (χ4n) is 3.48. The van der Waals surface area contributed by atoms with Crippen molar-refractivity contribution in [3.63, 3.8) is 0 Å². The molecular weight excluding hydrogens is 444 g/mol. The molecule has 12 heteroatoms. The molecule has 2 aromatic carbocycles. The monoisotopic (exact) mass is 464 g/mol. The Labute approximate surface area is 184 Å². The van der Waals surface area contributed by atoms with Crippen molar-refractivity contribution in [1.29, 1.82) is 0 Å². The molecule has 0 radical (unpaired) electrons. The normalized spacial score (nSPS) is 25.3. The Bertz CT molecular complexity index is 1230. The van der Waals surface area contributed by atoms with Crippen molar-refractivity contribution < 1.29 is 54.7 Å². The maximum Gasteiger partial charge on any atom is 0.238 e. The van der Waals surface area contributed by atoms with E-state index in [4.69, 9.17) is 13.9 Å². The largest absolute Gasteiger partial charge is 0.508 e. The topological polar surface area (TPSA) is 211 Å². The number of hydrogen-bond donors (Lipinski definition) is 8. The predicted octanol–water partition coefficient (Wildman–Crippen LogP) is -0.539. The highest BCUT2D eigenvalue weighted by Gasteiger charge is 2.45. The minimum atomic E-state index is -1.81. The second-order valence-electron chi connectivity index (χ2n) is 7.42. The highest BCUT2D eigenvalue weighted by molar-refractivity contribution is 5.91. The summed E-state index contributed by atoms with van der Waals surface area (Å²) in [5.41, 5.74) is -1.17. The number of phenolic OH excluding ortho intramolecular Hbond substituents is 3. The van der Waals surface area contributed by atoms with Gasteiger partial charge in [0, 0.05) is 11.6 Å². The van der Waals surface area contributed by atoms with Crippen molar-refractivity contribution >= 4 is 11.0 Å². The summed E-state index contributed by atoms with van der Waals surface area (Å²) in [6.45, 7) is -0.718. The molecule has 0 saturated carbocycles.